The van der Waals surface area contributed by atoms with Gasteiger partial charge in [0.05, 0.1) is 0 Å². The monoisotopic (exact) mass is 200 g/mol. The molecule has 0 heterocycles. The average molecular weight is 200 g/mol. The molecule has 0 bridgehead atoms. The zero-order valence-corrected chi connectivity index (χ0v) is 9.63. The highest BCUT2D eigenvalue weighted by molar-refractivity contribution is 5.37. The van der Waals surface area contributed by atoms with Crippen molar-refractivity contribution in [2.45, 2.75) is 32.6 Å². The molecule has 0 nitrogen and oxygen atoms in total. The van der Waals surface area contributed by atoms with Crippen LogP contribution in [0.3, 0.4) is 0 Å². The van der Waals surface area contributed by atoms with Crippen molar-refractivity contribution in [3.8, 4) is 0 Å². The van der Waals surface area contributed by atoms with E-state index in [2.05, 4.69) is 38.3 Å². The molecule has 0 heteroatoms. The first-order valence-corrected chi connectivity index (χ1v) is 5.64. The summed E-state index contributed by atoms with van der Waals surface area (Å²) in [7, 11) is 0. The van der Waals surface area contributed by atoms with Gasteiger partial charge in [0.25, 0.3) is 0 Å². The molecule has 15 heavy (non-hydrogen) atoms. The minimum Gasteiger partial charge on any atom is -0.103 e. The van der Waals surface area contributed by atoms with E-state index in [1.165, 1.54) is 23.1 Å². The minimum atomic E-state index is 0.959. The van der Waals surface area contributed by atoms with Crippen LogP contribution in [-0.2, 0) is 19.3 Å². The van der Waals surface area contributed by atoms with E-state index in [0.717, 1.165) is 19.3 Å². The van der Waals surface area contributed by atoms with E-state index in [4.69, 9.17) is 0 Å². The largest absolute Gasteiger partial charge is 0.103 e. The van der Waals surface area contributed by atoms with Crippen molar-refractivity contribution in [3.63, 3.8) is 0 Å². The average Bonchev–Trinajstić information content (AvgIpc) is 2.23. The topological polar surface area (TPSA) is 0 Å². The molecule has 0 saturated carbocycles. The highest BCUT2D eigenvalue weighted by Crippen LogP contribution is 2.18. The number of benzene rings is 1. The Kier molecular flexibility index (Phi) is 4.89. The summed E-state index contributed by atoms with van der Waals surface area (Å²) in [6.07, 6.45) is 8.24. The molecule has 0 atom stereocenters. The fourth-order valence-corrected chi connectivity index (χ4v) is 1.94. The van der Waals surface area contributed by atoms with Crippen LogP contribution < -0.4 is 0 Å². The van der Waals surface area contributed by atoms with Gasteiger partial charge in [-0.25, -0.2) is 0 Å². The lowest BCUT2D eigenvalue weighted by molar-refractivity contribution is 0.900. The molecule has 0 unspecified atom stereocenters. The predicted octanol–water partition coefficient (Wildman–Crippen LogP) is 4.10. The molecule has 0 aliphatic carbocycles. The van der Waals surface area contributed by atoms with E-state index in [0.29, 0.717) is 0 Å². The van der Waals surface area contributed by atoms with Crippen LogP contribution in [0.5, 0.6) is 0 Å². The molecule has 1 aromatic rings. The van der Waals surface area contributed by atoms with Crippen LogP contribution in [-0.4, -0.2) is 0 Å². The van der Waals surface area contributed by atoms with Crippen molar-refractivity contribution in [2.24, 2.45) is 0 Å². The van der Waals surface area contributed by atoms with Crippen molar-refractivity contribution >= 4 is 0 Å². The summed E-state index contributed by atoms with van der Waals surface area (Å²) < 4.78 is 0. The molecule has 0 fully saturated rings. The van der Waals surface area contributed by atoms with Gasteiger partial charge in [-0.2, -0.15) is 0 Å². The zero-order chi connectivity index (χ0) is 11.1. The van der Waals surface area contributed by atoms with E-state index in [1.54, 1.807) is 0 Å². The lowest BCUT2D eigenvalue weighted by atomic mass is 9.94. The van der Waals surface area contributed by atoms with Gasteiger partial charge in [-0.05, 0) is 36.0 Å². The first kappa shape index (κ1) is 11.8. The van der Waals surface area contributed by atoms with Gasteiger partial charge in [0, 0.05) is 0 Å². The van der Waals surface area contributed by atoms with Crippen LogP contribution >= 0.6 is 0 Å². The van der Waals surface area contributed by atoms with E-state index in [9.17, 15) is 0 Å². The van der Waals surface area contributed by atoms with Gasteiger partial charge in [-0.1, -0.05) is 43.7 Å². The Morgan fingerprint density at radius 2 is 1.73 bits per heavy atom. The Balaban J connectivity index is 3.08. The van der Waals surface area contributed by atoms with Gasteiger partial charge >= 0.3 is 0 Å². The molecule has 0 aromatic heterocycles. The van der Waals surface area contributed by atoms with Crippen LogP contribution in [0.1, 0.15) is 30.0 Å². The molecular formula is C15H20. The molecule has 0 amide bonds. The Morgan fingerprint density at radius 3 is 2.33 bits per heavy atom. The summed E-state index contributed by atoms with van der Waals surface area (Å²) in [5.74, 6) is 0. The maximum absolute atomic E-state index is 3.83. The lowest BCUT2D eigenvalue weighted by Crippen LogP contribution is -1.98. The predicted molar refractivity (Wildman–Crippen MR) is 68.2 cm³/mol. The van der Waals surface area contributed by atoms with Gasteiger partial charge < -0.3 is 0 Å². The van der Waals surface area contributed by atoms with Gasteiger partial charge in [-0.3, -0.25) is 0 Å². The summed E-state index contributed by atoms with van der Waals surface area (Å²) in [5, 5.41) is 0. The third kappa shape index (κ3) is 3.09. The van der Waals surface area contributed by atoms with Crippen LogP contribution in [0.2, 0.25) is 0 Å². The second-order valence-electron chi connectivity index (χ2n) is 3.79. The number of allylic oxidation sites excluding steroid dienone is 2. The molecular weight excluding hydrogens is 180 g/mol. The number of hydrogen-bond donors (Lipinski definition) is 0. The van der Waals surface area contributed by atoms with Gasteiger partial charge in [0.1, 0.15) is 0 Å². The smallest absolute Gasteiger partial charge is 0.00946 e. The summed E-state index contributed by atoms with van der Waals surface area (Å²) in [5.41, 5.74) is 4.32. The van der Waals surface area contributed by atoms with Gasteiger partial charge in [-0.15, -0.1) is 13.2 Å². The third-order valence-electron chi connectivity index (χ3n) is 2.60. The first-order chi connectivity index (χ1) is 7.33. The van der Waals surface area contributed by atoms with Crippen molar-refractivity contribution in [3.05, 3.63) is 60.2 Å². The van der Waals surface area contributed by atoms with E-state index >= 15 is 0 Å². The second kappa shape index (κ2) is 6.23. The second-order valence-corrected chi connectivity index (χ2v) is 3.79. The Bertz CT molecular complexity index is 334. The number of hydrogen-bond acceptors (Lipinski definition) is 0. The van der Waals surface area contributed by atoms with E-state index in [1.807, 2.05) is 12.2 Å². The van der Waals surface area contributed by atoms with Gasteiger partial charge in [0.2, 0.25) is 0 Å². The fourth-order valence-electron chi connectivity index (χ4n) is 1.94. The summed E-state index contributed by atoms with van der Waals surface area (Å²) in [4.78, 5) is 0. The summed E-state index contributed by atoms with van der Waals surface area (Å²) >= 11 is 0. The molecule has 0 aliphatic heterocycles. The molecule has 1 rings (SSSR count). The Hall–Kier alpha value is -1.30. The van der Waals surface area contributed by atoms with Crippen LogP contribution in [0.15, 0.2) is 43.5 Å². The molecule has 0 saturated heterocycles. The SMILES string of the molecule is C=CCc1cccc(CCC)c1CC=C. The standard InChI is InChI=1S/C15H20/c1-4-8-13-11-7-12-14(9-5-2)15(13)10-6-3/h4,6-7,11-12H,1,3,5,8-10H2,2H3. The molecule has 0 spiro atoms. The quantitative estimate of drug-likeness (QED) is 0.607. The van der Waals surface area contributed by atoms with Crippen LogP contribution in [0.4, 0.5) is 0 Å². The number of aryl methyl sites for hydroxylation is 1. The number of rotatable bonds is 6. The lowest BCUT2D eigenvalue weighted by Gasteiger charge is -2.11. The highest BCUT2D eigenvalue weighted by atomic mass is 14.1. The molecule has 1 aromatic carbocycles. The third-order valence-corrected chi connectivity index (χ3v) is 2.60. The van der Waals surface area contributed by atoms with Crippen molar-refractivity contribution in [1.82, 2.24) is 0 Å². The first-order valence-electron chi connectivity index (χ1n) is 5.64. The molecule has 0 N–H and O–H groups in total. The van der Waals surface area contributed by atoms with Crippen molar-refractivity contribution in [2.75, 3.05) is 0 Å². The maximum Gasteiger partial charge on any atom is -0.00946 e. The minimum absolute atomic E-state index is 0.959. The van der Waals surface area contributed by atoms with Gasteiger partial charge in [0.15, 0.2) is 0 Å². The molecule has 80 valence electrons. The fraction of sp³-hybridized carbons (Fsp3) is 0.333. The Morgan fingerprint density at radius 1 is 1.07 bits per heavy atom. The zero-order valence-electron chi connectivity index (χ0n) is 9.63. The highest BCUT2D eigenvalue weighted by Gasteiger charge is 2.04. The van der Waals surface area contributed by atoms with Crippen molar-refractivity contribution in [1.29, 1.82) is 0 Å². The Labute approximate surface area is 93.3 Å². The van der Waals surface area contributed by atoms with Crippen molar-refractivity contribution < 1.29 is 0 Å². The van der Waals surface area contributed by atoms with Crippen LogP contribution in [0.25, 0.3) is 0 Å². The van der Waals surface area contributed by atoms with E-state index < -0.39 is 0 Å². The summed E-state index contributed by atoms with van der Waals surface area (Å²) in [6, 6.07) is 6.57. The molecule has 0 aliphatic rings. The van der Waals surface area contributed by atoms with E-state index in [-0.39, 0.29) is 0 Å². The summed E-state index contributed by atoms with van der Waals surface area (Å²) in [6.45, 7) is 9.86. The maximum atomic E-state index is 3.83. The van der Waals surface area contributed by atoms with Crippen LogP contribution in [0, 0.1) is 0 Å². The normalized spacial score (nSPS) is 9.93. The molecule has 0 radical (unpaired) electrons.